The van der Waals surface area contributed by atoms with Crippen molar-refractivity contribution in [3.8, 4) is 17.1 Å². The summed E-state index contributed by atoms with van der Waals surface area (Å²) in [7, 11) is 1.85. The quantitative estimate of drug-likeness (QED) is 0.312. The van der Waals surface area contributed by atoms with E-state index in [0.29, 0.717) is 23.2 Å². The monoisotopic (exact) mass is 436 g/mol. The van der Waals surface area contributed by atoms with Gasteiger partial charge in [0.25, 0.3) is 5.56 Å². The molecule has 160 valence electrons. The standard InChI is InChI=1S/C22H24N6O2S/c1-4-17-9-8-12-19(15-17)30-13-14-31-22-23-24-25-27(22)20-16(2)26(3)28(21(20)29)18-10-6-5-7-11-18/h5-12,15H,4,13-14H2,1-3H3. The Labute approximate surface area is 184 Å². The Morgan fingerprint density at radius 1 is 1.10 bits per heavy atom. The molecule has 4 aromatic rings. The first-order chi connectivity index (χ1) is 15.1. The molecule has 0 radical (unpaired) electrons. The number of aryl methyl sites for hydroxylation is 1. The Morgan fingerprint density at radius 2 is 1.90 bits per heavy atom. The van der Waals surface area contributed by atoms with E-state index in [-0.39, 0.29) is 5.56 Å². The molecule has 31 heavy (non-hydrogen) atoms. The fourth-order valence-corrected chi connectivity index (χ4v) is 4.05. The number of tetrazole rings is 1. The molecule has 0 unspecified atom stereocenters. The van der Waals surface area contributed by atoms with E-state index in [1.165, 1.54) is 22.0 Å². The van der Waals surface area contributed by atoms with Gasteiger partial charge in [-0.25, -0.2) is 4.68 Å². The normalized spacial score (nSPS) is 11.1. The van der Waals surface area contributed by atoms with Crippen molar-refractivity contribution in [2.75, 3.05) is 12.4 Å². The van der Waals surface area contributed by atoms with Crippen LogP contribution in [0.2, 0.25) is 0 Å². The van der Waals surface area contributed by atoms with E-state index < -0.39 is 0 Å². The highest BCUT2D eigenvalue weighted by Crippen LogP contribution is 2.20. The van der Waals surface area contributed by atoms with Gasteiger partial charge in [-0.15, -0.1) is 5.10 Å². The van der Waals surface area contributed by atoms with Gasteiger partial charge in [-0.2, -0.15) is 4.68 Å². The summed E-state index contributed by atoms with van der Waals surface area (Å²) in [5.41, 5.74) is 3.07. The van der Waals surface area contributed by atoms with Crippen LogP contribution in [0.4, 0.5) is 0 Å². The average Bonchev–Trinajstić information content (AvgIpc) is 3.33. The number of hydrogen-bond acceptors (Lipinski definition) is 6. The summed E-state index contributed by atoms with van der Waals surface area (Å²) >= 11 is 1.45. The molecule has 0 bridgehead atoms. The maximum absolute atomic E-state index is 13.2. The Morgan fingerprint density at radius 3 is 2.68 bits per heavy atom. The predicted molar refractivity (Wildman–Crippen MR) is 120 cm³/mol. The van der Waals surface area contributed by atoms with E-state index in [0.717, 1.165) is 23.6 Å². The number of thioether (sulfide) groups is 1. The summed E-state index contributed by atoms with van der Waals surface area (Å²) < 4.78 is 10.8. The average molecular weight is 437 g/mol. The fraction of sp³-hybridized carbons (Fsp3) is 0.273. The van der Waals surface area contributed by atoms with Crippen LogP contribution in [0.3, 0.4) is 0 Å². The number of hydrogen-bond donors (Lipinski definition) is 0. The zero-order chi connectivity index (χ0) is 21.8. The zero-order valence-corrected chi connectivity index (χ0v) is 18.5. The summed E-state index contributed by atoms with van der Waals surface area (Å²) in [5.74, 6) is 1.50. The van der Waals surface area contributed by atoms with E-state index in [9.17, 15) is 4.79 Å². The number of ether oxygens (including phenoxy) is 1. The molecule has 0 spiro atoms. The van der Waals surface area contributed by atoms with E-state index in [4.69, 9.17) is 4.74 Å². The van der Waals surface area contributed by atoms with E-state index >= 15 is 0 Å². The van der Waals surface area contributed by atoms with E-state index in [1.54, 1.807) is 4.68 Å². The van der Waals surface area contributed by atoms with Crippen LogP contribution in [0, 0.1) is 6.92 Å². The number of benzene rings is 2. The van der Waals surface area contributed by atoms with Gasteiger partial charge < -0.3 is 4.74 Å². The van der Waals surface area contributed by atoms with E-state index in [2.05, 4.69) is 28.5 Å². The molecule has 2 aromatic carbocycles. The molecule has 2 heterocycles. The topological polar surface area (TPSA) is 79.8 Å². The highest BCUT2D eigenvalue weighted by Gasteiger charge is 2.21. The van der Waals surface area contributed by atoms with Crippen molar-refractivity contribution in [2.45, 2.75) is 25.4 Å². The van der Waals surface area contributed by atoms with Crippen LogP contribution in [0.25, 0.3) is 11.4 Å². The summed E-state index contributed by atoms with van der Waals surface area (Å²) in [6.07, 6.45) is 0.970. The second-order valence-corrected chi connectivity index (χ2v) is 8.04. The molecule has 0 saturated carbocycles. The first-order valence-electron chi connectivity index (χ1n) is 10.1. The van der Waals surface area contributed by atoms with Crippen LogP contribution in [-0.2, 0) is 13.5 Å². The van der Waals surface area contributed by atoms with Crippen LogP contribution in [-0.4, -0.2) is 41.9 Å². The molecule has 2 aromatic heterocycles. The van der Waals surface area contributed by atoms with Crippen LogP contribution >= 0.6 is 11.8 Å². The molecule has 0 aliphatic heterocycles. The molecule has 4 rings (SSSR count). The molecule has 0 aliphatic rings. The smallest absolute Gasteiger partial charge is 0.297 e. The van der Waals surface area contributed by atoms with Crippen molar-refractivity contribution in [1.82, 2.24) is 29.6 Å². The molecular weight excluding hydrogens is 412 g/mol. The second-order valence-electron chi connectivity index (χ2n) is 6.98. The van der Waals surface area contributed by atoms with Gasteiger partial charge in [0.2, 0.25) is 5.16 Å². The van der Waals surface area contributed by atoms with Crippen molar-refractivity contribution in [3.63, 3.8) is 0 Å². The van der Waals surface area contributed by atoms with Crippen LogP contribution in [0.15, 0.2) is 64.5 Å². The SMILES string of the molecule is CCc1cccc(OCCSc2nnnn2-c2c(C)n(C)n(-c3ccccc3)c2=O)c1. The lowest BCUT2D eigenvalue weighted by atomic mass is 10.2. The van der Waals surface area contributed by atoms with Gasteiger partial charge in [0.15, 0.2) is 5.69 Å². The fourth-order valence-electron chi connectivity index (χ4n) is 3.35. The molecule has 8 nitrogen and oxygen atoms in total. The minimum atomic E-state index is -0.173. The second kappa shape index (κ2) is 9.22. The predicted octanol–water partition coefficient (Wildman–Crippen LogP) is 3.19. The molecule has 0 amide bonds. The number of aromatic nitrogens is 6. The van der Waals surface area contributed by atoms with Crippen LogP contribution < -0.4 is 10.3 Å². The third kappa shape index (κ3) is 4.27. The van der Waals surface area contributed by atoms with Crippen molar-refractivity contribution in [1.29, 1.82) is 0 Å². The van der Waals surface area contributed by atoms with E-state index in [1.807, 2.05) is 67.2 Å². The van der Waals surface area contributed by atoms with Crippen molar-refractivity contribution in [2.24, 2.45) is 7.05 Å². The third-order valence-corrected chi connectivity index (χ3v) is 5.95. The lowest BCUT2D eigenvalue weighted by Crippen LogP contribution is -2.22. The Hall–Kier alpha value is -3.33. The summed E-state index contributed by atoms with van der Waals surface area (Å²) in [4.78, 5) is 13.2. The lowest BCUT2D eigenvalue weighted by molar-refractivity contribution is 0.343. The first-order valence-corrected chi connectivity index (χ1v) is 11.1. The van der Waals surface area contributed by atoms with Gasteiger partial charge in [0.05, 0.1) is 18.0 Å². The molecule has 0 N–H and O–H groups in total. The number of rotatable bonds is 8. The highest BCUT2D eigenvalue weighted by atomic mass is 32.2. The largest absolute Gasteiger partial charge is 0.493 e. The lowest BCUT2D eigenvalue weighted by Gasteiger charge is -2.07. The molecule has 0 fully saturated rings. The zero-order valence-electron chi connectivity index (χ0n) is 17.7. The number of para-hydroxylation sites is 1. The number of nitrogens with zero attached hydrogens (tertiary/aromatic N) is 6. The summed E-state index contributed by atoms with van der Waals surface area (Å²) in [6, 6.07) is 17.6. The van der Waals surface area contributed by atoms with Gasteiger partial charge in [0.1, 0.15) is 5.75 Å². The van der Waals surface area contributed by atoms with Crippen LogP contribution in [0.1, 0.15) is 18.2 Å². The minimum Gasteiger partial charge on any atom is -0.493 e. The van der Waals surface area contributed by atoms with Gasteiger partial charge in [0, 0.05) is 12.8 Å². The molecule has 9 heteroatoms. The van der Waals surface area contributed by atoms with Gasteiger partial charge >= 0.3 is 0 Å². The minimum absolute atomic E-state index is 0.173. The molecule has 0 saturated heterocycles. The Bertz CT molecular complexity index is 1230. The van der Waals surface area contributed by atoms with Gasteiger partial charge in [-0.05, 0) is 53.6 Å². The highest BCUT2D eigenvalue weighted by molar-refractivity contribution is 7.99. The van der Waals surface area contributed by atoms with Crippen molar-refractivity contribution < 1.29 is 4.74 Å². The van der Waals surface area contributed by atoms with Crippen molar-refractivity contribution >= 4 is 11.8 Å². The summed E-state index contributed by atoms with van der Waals surface area (Å²) in [6.45, 7) is 4.51. The maximum Gasteiger partial charge on any atom is 0.297 e. The third-order valence-electron chi connectivity index (χ3n) is 5.07. The summed E-state index contributed by atoms with van der Waals surface area (Å²) in [5, 5.41) is 12.5. The Balaban J connectivity index is 1.52. The maximum atomic E-state index is 13.2. The van der Waals surface area contributed by atoms with Gasteiger partial charge in [-0.1, -0.05) is 49.0 Å². The molecule has 0 aliphatic carbocycles. The van der Waals surface area contributed by atoms with Gasteiger partial charge in [-0.3, -0.25) is 9.48 Å². The molecular formula is C22H24N6O2S. The molecule has 0 atom stereocenters. The van der Waals surface area contributed by atoms with Crippen LogP contribution in [0.5, 0.6) is 5.75 Å². The first kappa shape index (κ1) is 20.9. The Kier molecular flexibility index (Phi) is 6.22. The van der Waals surface area contributed by atoms with Crippen molar-refractivity contribution in [3.05, 3.63) is 76.2 Å².